The van der Waals surface area contributed by atoms with E-state index in [1.807, 2.05) is 24.5 Å². The van der Waals surface area contributed by atoms with E-state index in [1.54, 1.807) is 7.05 Å². The van der Waals surface area contributed by atoms with Crippen LogP contribution in [-0.4, -0.2) is 60.6 Å². The average molecular weight is 487 g/mol. The third-order valence-corrected chi connectivity index (χ3v) is 5.08. The quantitative estimate of drug-likeness (QED) is 0.230. The van der Waals surface area contributed by atoms with Gasteiger partial charge in [-0.3, -0.25) is 4.99 Å². The van der Waals surface area contributed by atoms with Crippen LogP contribution in [0.2, 0.25) is 0 Å². The van der Waals surface area contributed by atoms with Crippen LogP contribution in [0.1, 0.15) is 19.3 Å². The Labute approximate surface area is 177 Å². The fourth-order valence-electron chi connectivity index (χ4n) is 3.45. The second-order valence-corrected chi connectivity index (χ2v) is 6.91. The minimum atomic E-state index is 0. The molecule has 0 spiro atoms. The lowest BCUT2D eigenvalue weighted by Gasteiger charge is -2.27. The molecule has 150 valence electrons. The zero-order chi connectivity index (χ0) is 18.2. The first kappa shape index (κ1) is 21.9. The van der Waals surface area contributed by atoms with E-state index >= 15 is 0 Å². The van der Waals surface area contributed by atoms with Crippen LogP contribution in [0.5, 0.6) is 0 Å². The molecule has 3 N–H and O–H groups in total. The molecule has 2 aromatic rings. The Balaban J connectivity index is 0.00000261. The Hall–Kier alpha value is -1.39. The Kier molecular flexibility index (Phi) is 8.78. The molecular formula is C19H30IN5O2. The number of aliphatic hydroxyl groups is 1. The van der Waals surface area contributed by atoms with Crippen LogP contribution in [0.25, 0.3) is 11.0 Å². The average Bonchev–Trinajstić information content (AvgIpc) is 3.29. The Morgan fingerprint density at radius 2 is 2.22 bits per heavy atom. The van der Waals surface area contributed by atoms with Crippen LogP contribution in [-0.2, 0) is 11.3 Å². The van der Waals surface area contributed by atoms with E-state index in [4.69, 9.17) is 4.74 Å². The molecule has 1 aromatic heterocycles. The van der Waals surface area contributed by atoms with Gasteiger partial charge in [-0.15, -0.1) is 24.0 Å². The number of benzene rings is 1. The second-order valence-electron chi connectivity index (χ2n) is 6.91. The second kappa shape index (κ2) is 10.8. The van der Waals surface area contributed by atoms with Crippen molar-refractivity contribution in [3.63, 3.8) is 0 Å². The summed E-state index contributed by atoms with van der Waals surface area (Å²) in [4.78, 5) is 8.72. The van der Waals surface area contributed by atoms with Gasteiger partial charge < -0.3 is 25.0 Å². The summed E-state index contributed by atoms with van der Waals surface area (Å²) in [5.74, 6) is 0.796. The monoisotopic (exact) mass is 487 g/mol. The summed E-state index contributed by atoms with van der Waals surface area (Å²) in [6.07, 6.45) is 4.61. The van der Waals surface area contributed by atoms with E-state index in [0.717, 1.165) is 57.0 Å². The highest BCUT2D eigenvalue weighted by Crippen LogP contribution is 2.31. The lowest BCUT2D eigenvalue weighted by atomic mass is 9.84. The Bertz CT molecular complexity index is 728. The van der Waals surface area contributed by atoms with E-state index in [0.29, 0.717) is 6.61 Å². The molecule has 1 fully saturated rings. The largest absolute Gasteiger partial charge is 0.396 e. The number of ether oxygens (including phenoxy) is 1. The normalized spacial score (nSPS) is 19.9. The fraction of sp³-hybridized carbons (Fsp3) is 0.579. The predicted octanol–water partition coefficient (Wildman–Crippen LogP) is 2.00. The maximum absolute atomic E-state index is 9.32. The highest BCUT2D eigenvalue weighted by atomic mass is 127. The molecule has 2 heterocycles. The standard InChI is InChI=1S/C19H29N5O2.HI/c1-20-18(22-13-19(7-11-25)8-12-26-14-19)21-9-4-10-24-15-23-16-5-2-3-6-17(16)24;/h2-3,5-6,15,25H,4,7-14H2,1H3,(H2,20,21,22);1H. The van der Waals surface area contributed by atoms with Crippen LogP contribution in [0.15, 0.2) is 35.6 Å². The maximum atomic E-state index is 9.32. The zero-order valence-electron chi connectivity index (χ0n) is 15.9. The van der Waals surface area contributed by atoms with Gasteiger partial charge in [0.25, 0.3) is 0 Å². The van der Waals surface area contributed by atoms with Gasteiger partial charge in [0.1, 0.15) is 0 Å². The Morgan fingerprint density at radius 1 is 1.37 bits per heavy atom. The molecule has 1 aromatic carbocycles. The molecule has 0 amide bonds. The van der Waals surface area contributed by atoms with E-state index in [2.05, 4.69) is 31.2 Å². The number of imidazole rings is 1. The minimum absolute atomic E-state index is 0. The lowest BCUT2D eigenvalue weighted by molar-refractivity contribution is 0.127. The van der Waals surface area contributed by atoms with Gasteiger partial charge >= 0.3 is 0 Å². The van der Waals surface area contributed by atoms with E-state index < -0.39 is 0 Å². The van der Waals surface area contributed by atoms with Crippen LogP contribution in [0.4, 0.5) is 0 Å². The molecule has 3 rings (SSSR count). The first-order valence-corrected chi connectivity index (χ1v) is 9.29. The van der Waals surface area contributed by atoms with Gasteiger partial charge in [0, 0.05) is 45.3 Å². The van der Waals surface area contributed by atoms with Crippen molar-refractivity contribution >= 4 is 41.0 Å². The highest BCUT2D eigenvalue weighted by molar-refractivity contribution is 14.0. The summed E-state index contributed by atoms with van der Waals surface area (Å²) in [5.41, 5.74) is 2.22. The molecule has 1 saturated heterocycles. The molecule has 0 saturated carbocycles. The van der Waals surface area contributed by atoms with Crippen LogP contribution < -0.4 is 10.6 Å². The first-order chi connectivity index (χ1) is 12.8. The third-order valence-electron chi connectivity index (χ3n) is 5.08. The van der Waals surface area contributed by atoms with Gasteiger partial charge in [0.2, 0.25) is 0 Å². The number of rotatable bonds is 8. The van der Waals surface area contributed by atoms with E-state index in [-0.39, 0.29) is 36.0 Å². The smallest absolute Gasteiger partial charge is 0.190 e. The van der Waals surface area contributed by atoms with Crippen molar-refractivity contribution < 1.29 is 9.84 Å². The fourth-order valence-corrected chi connectivity index (χ4v) is 3.45. The molecule has 0 aliphatic carbocycles. The number of nitrogens with zero attached hydrogens (tertiary/aromatic N) is 3. The van der Waals surface area contributed by atoms with Crippen molar-refractivity contribution in [2.75, 3.05) is 40.0 Å². The molecular weight excluding hydrogens is 457 g/mol. The van der Waals surface area contributed by atoms with Crippen LogP contribution in [0.3, 0.4) is 0 Å². The number of halogens is 1. The number of guanidine groups is 1. The number of aryl methyl sites for hydroxylation is 1. The first-order valence-electron chi connectivity index (χ1n) is 9.29. The van der Waals surface area contributed by atoms with Gasteiger partial charge in [0.05, 0.1) is 24.0 Å². The molecule has 0 radical (unpaired) electrons. The molecule has 1 atom stereocenters. The number of aromatic nitrogens is 2. The number of aliphatic imine (C=N–C) groups is 1. The number of hydrogen-bond acceptors (Lipinski definition) is 4. The van der Waals surface area contributed by atoms with Gasteiger partial charge in [0.15, 0.2) is 5.96 Å². The van der Waals surface area contributed by atoms with Gasteiger partial charge in [-0.1, -0.05) is 12.1 Å². The van der Waals surface area contributed by atoms with E-state index in [1.165, 1.54) is 5.52 Å². The zero-order valence-corrected chi connectivity index (χ0v) is 18.2. The van der Waals surface area contributed by atoms with E-state index in [9.17, 15) is 5.11 Å². The highest BCUT2D eigenvalue weighted by Gasteiger charge is 2.34. The van der Waals surface area contributed by atoms with Crippen LogP contribution >= 0.6 is 24.0 Å². The summed E-state index contributed by atoms with van der Waals surface area (Å²) in [5, 5.41) is 16.1. The molecule has 1 aliphatic heterocycles. The number of para-hydroxylation sites is 2. The topological polar surface area (TPSA) is 83.7 Å². The van der Waals surface area contributed by atoms with Crippen molar-refractivity contribution in [3.05, 3.63) is 30.6 Å². The molecule has 1 unspecified atom stereocenters. The molecule has 27 heavy (non-hydrogen) atoms. The van der Waals surface area contributed by atoms with Crippen molar-refractivity contribution in [2.45, 2.75) is 25.8 Å². The van der Waals surface area contributed by atoms with Crippen molar-refractivity contribution in [2.24, 2.45) is 10.4 Å². The summed E-state index contributed by atoms with van der Waals surface area (Å²) < 4.78 is 7.71. The van der Waals surface area contributed by atoms with Crippen molar-refractivity contribution in [1.29, 1.82) is 0 Å². The molecule has 1 aliphatic rings. The summed E-state index contributed by atoms with van der Waals surface area (Å²) in [7, 11) is 1.78. The summed E-state index contributed by atoms with van der Waals surface area (Å²) in [6, 6.07) is 8.18. The van der Waals surface area contributed by atoms with Gasteiger partial charge in [-0.25, -0.2) is 4.98 Å². The predicted molar refractivity (Wildman–Crippen MR) is 119 cm³/mol. The number of fused-ring (bicyclic) bond motifs is 1. The van der Waals surface area contributed by atoms with Crippen LogP contribution in [0, 0.1) is 5.41 Å². The number of hydrogen-bond donors (Lipinski definition) is 3. The van der Waals surface area contributed by atoms with Crippen molar-refractivity contribution in [1.82, 2.24) is 20.2 Å². The SMILES string of the molecule is CN=C(NCCCn1cnc2ccccc21)NCC1(CCO)CCOC1.I. The minimum Gasteiger partial charge on any atom is -0.396 e. The summed E-state index contributed by atoms with van der Waals surface area (Å²) in [6.45, 7) is 4.16. The van der Waals surface area contributed by atoms with Gasteiger partial charge in [-0.05, 0) is 31.4 Å². The molecule has 8 heteroatoms. The summed E-state index contributed by atoms with van der Waals surface area (Å²) >= 11 is 0. The maximum Gasteiger partial charge on any atom is 0.190 e. The third kappa shape index (κ3) is 5.79. The van der Waals surface area contributed by atoms with Gasteiger partial charge in [-0.2, -0.15) is 0 Å². The molecule has 0 bridgehead atoms. The molecule has 7 nitrogen and oxygen atoms in total. The number of aliphatic hydroxyl groups excluding tert-OH is 1. The Morgan fingerprint density at radius 3 is 2.96 bits per heavy atom. The lowest BCUT2D eigenvalue weighted by Crippen LogP contribution is -2.44. The number of nitrogens with one attached hydrogen (secondary N) is 2. The van der Waals surface area contributed by atoms with Crippen molar-refractivity contribution in [3.8, 4) is 0 Å².